The van der Waals surface area contributed by atoms with Crippen molar-refractivity contribution in [2.24, 2.45) is 0 Å². The Labute approximate surface area is 139 Å². The van der Waals surface area contributed by atoms with Crippen molar-refractivity contribution in [2.75, 3.05) is 17.7 Å². The summed E-state index contributed by atoms with van der Waals surface area (Å²) in [5.41, 5.74) is 2.23. The van der Waals surface area contributed by atoms with Crippen LogP contribution in [-0.4, -0.2) is 18.9 Å². The Morgan fingerprint density at radius 2 is 1.87 bits per heavy atom. The minimum Gasteiger partial charge on any atom is -0.496 e. The van der Waals surface area contributed by atoms with E-state index in [1.165, 1.54) is 14.0 Å². The van der Waals surface area contributed by atoms with Gasteiger partial charge in [0.2, 0.25) is 5.91 Å². The fourth-order valence-corrected chi connectivity index (χ4v) is 2.27. The highest BCUT2D eigenvalue weighted by Gasteiger charge is 2.15. The Morgan fingerprint density at radius 1 is 1.13 bits per heavy atom. The summed E-state index contributed by atoms with van der Waals surface area (Å²) in [7, 11) is 1.48. The lowest BCUT2D eigenvalue weighted by Gasteiger charge is -2.13. The lowest BCUT2D eigenvalue weighted by Crippen LogP contribution is -2.15. The van der Waals surface area contributed by atoms with Crippen LogP contribution in [0.4, 0.5) is 11.4 Å². The van der Waals surface area contributed by atoms with Crippen molar-refractivity contribution in [2.45, 2.75) is 13.8 Å². The summed E-state index contributed by atoms with van der Waals surface area (Å²) >= 11 is 6.06. The second-order valence-corrected chi connectivity index (χ2v) is 5.37. The van der Waals surface area contributed by atoms with Crippen molar-refractivity contribution in [1.29, 1.82) is 0 Å². The predicted molar refractivity (Wildman–Crippen MR) is 91.4 cm³/mol. The third-order valence-corrected chi connectivity index (χ3v) is 3.69. The maximum absolute atomic E-state index is 12.5. The zero-order valence-corrected chi connectivity index (χ0v) is 13.8. The van der Waals surface area contributed by atoms with Crippen LogP contribution in [0.5, 0.6) is 5.75 Å². The topological polar surface area (TPSA) is 67.4 Å². The standard InChI is InChI=1S/C17H17ClN2O3/c1-10-14(18)5-4-6-15(10)20-17(22)13-9-12(19-11(2)21)7-8-16(13)23-3/h4-9H,1-3H3,(H,19,21)(H,20,22). The first-order chi connectivity index (χ1) is 10.9. The van der Waals surface area contributed by atoms with Gasteiger partial charge in [-0.25, -0.2) is 0 Å². The van der Waals surface area contributed by atoms with E-state index in [1.807, 2.05) is 6.92 Å². The molecule has 23 heavy (non-hydrogen) atoms. The van der Waals surface area contributed by atoms with Crippen molar-refractivity contribution in [1.82, 2.24) is 0 Å². The molecule has 120 valence electrons. The molecule has 2 rings (SSSR count). The molecule has 2 aromatic rings. The SMILES string of the molecule is COc1ccc(NC(C)=O)cc1C(=O)Nc1cccc(Cl)c1C. The number of ether oxygens (including phenoxy) is 1. The van der Waals surface area contributed by atoms with E-state index in [1.54, 1.807) is 36.4 Å². The predicted octanol–water partition coefficient (Wildman–Crippen LogP) is 3.87. The van der Waals surface area contributed by atoms with E-state index in [4.69, 9.17) is 16.3 Å². The molecular weight excluding hydrogens is 316 g/mol. The van der Waals surface area contributed by atoms with E-state index in [-0.39, 0.29) is 11.8 Å². The zero-order valence-electron chi connectivity index (χ0n) is 13.1. The average Bonchev–Trinajstić information content (AvgIpc) is 2.51. The zero-order chi connectivity index (χ0) is 17.0. The average molecular weight is 333 g/mol. The molecule has 0 radical (unpaired) electrons. The fraction of sp³-hybridized carbons (Fsp3) is 0.176. The van der Waals surface area contributed by atoms with Crippen molar-refractivity contribution in [3.8, 4) is 5.75 Å². The first-order valence-corrected chi connectivity index (χ1v) is 7.32. The van der Waals surface area contributed by atoms with Gasteiger partial charge in [0, 0.05) is 23.3 Å². The molecule has 0 aliphatic heterocycles. The van der Waals surface area contributed by atoms with E-state index in [9.17, 15) is 9.59 Å². The third-order valence-electron chi connectivity index (χ3n) is 3.28. The lowest BCUT2D eigenvalue weighted by molar-refractivity contribution is -0.114. The molecule has 0 heterocycles. The Kier molecular flexibility index (Phi) is 5.24. The van der Waals surface area contributed by atoms with Gasteiger partial charge in [-0.15, -0.1) is 0 Å². The molecule has 0 unspecified atom stereocenters. The Balaban J connectivity index is 2.33. The van der Waals surface area contributed by atoms with Crippen LogP contribution in [0.1, 0.15) is 22.8 Å². The van der Waals surface area contributed by atoms with Gasteiger partial charge in [-0.05, 0) is 42.8 Å². The molecule has 0 aliphatic carbocycles. The quantitative estimate of drug-likeness (QED) is 0.893. The number of amides is 2. The molecule has 2 aromatic carbocycles. The van der Waals surface area contributed by atoms with Crippen LogP contribution in [-0.2, 0) is 4.79 Å². The maximum Gasteiger partial charge on any atom is 0.259 e. The Morgan fingerprint density at radius 3 is 2.52 bits per heavy atom. The molecule has 0 saturated heterocycles. The van der Waals surface area contributed by atoms with E-state index in [2.05, 4.69) is 10.6 Å². The number of hydrogen-bond acceptors (Lipinski definition) is 3. The molecule has 0 aromatic heterocycles. The minimum atomic E-state index is -0.348. The van der Waals surface area contributed by atoms with Crippen LogP contribution in [0.3, 0.4) is 0 Å². The summed E-state index contributed by atoms with van der Waals surface area (Å²) < 4.78 is 5.22. The fourth-order valence-electron chi connectivity index (χ4n) is 2.10. The molecule has 0 atom stereocenters. The monoisotopic (exact) mass is 332 g/mol. The summed E-state index contributed by atoms with van der Waals surface area (Å²) in [6.45, 7) is 3.22. The largest absolute Gasteiger partial charge is 0.496 e. The van der Waals surface area contributed by atoms with Gasteiger partial charge in [0.15, 0.2) is 0 Å². The third kappa shape index (κ3) is 4.02. The molecule has 2 amide bonds. The van der Waals surface area contributed by atoms with Crippen molar-refractivity contribution in [3.63, 3.8) is 0 Å². The second-order valence-electron chi connectivity index (χ2n) is 4.96. The van der Waals surface area contributed by atoms with E-state index < -0.39 is 0 Å². The van der Waals surface area contributed by atoms with E-state index in [0.717, 1.165) is 5.56 Å². The first-order valence-electron chi connectivity index (χ1n) is 6.94. The van der Waals surface area contributed by atoms with Crippen LogP contribution in [0.2, 0.25) is 5.02 Å². The molecule has 0 fully saturated rings. The molecule has 0 bridgehead atoms. The molecule has 6 heteroatoms. The molecule has 2 N–H and O–H groups in total. The highest BCUT2D eigenvalue weighted by molar-refractivity contribution is 6.31. The molecule has 0 saturated carbocycles. The number of carbonyl (C=O) groups is 2. The van der Waals surface area contributed by atoms with Gasteiger partial charge in [-0.1, -0.05) is 17.7 Å². The highest BCUT2D eigenvalue weighted by Crippen LogP contribution is 2.27. The Bertz CT molecular complexity index is 759. The summed E-state index contributed by atoms with van der Waals surface area (Å²) in [6, 6.07) is 10.1. The van der Waals surface area contributed by atoms with Gasteiger partial charge in [-0.2, -0.15) is 0 Å². The van der Waals surface area contributed by atoms with E-state index >= 15 is 0 Å². The van der Waals surface area contributed by atoms with Gasteiger partial charge in [-0.3, -0.25) is 9.59 Å². The minimum absolute atomic E-state index is 0.216. The highest BCUT2D eigenvalue weighted by atomic mass is 35.5. The lowest BCUT2D eigenvalue weighted by atomic mass is 10.1. The summed E-state index contributed by atoms with van der Waals surface area (Å²) in [4.78, 5) is 23.7. The van der Waals surface area contributed by atoms with Gasteiger partial charge in [0.1, 0.15) is 5.75 Å². The summed E-state index contributed by atoms with van der Waals surface area (Å²) in [6.07, 6.45) is 0. The molecule has 5 nitrogen and oxygen atoms in total. The van der Waals surface area contributed by atoms with Gasteiger partial charge in [0.05, 0.1) is 12.7 Å². The second kappa shape index (κ2) is 7.15. The van der Waals surface area contributed by atoms with Crippen molar-refractivity contribution in [3.05, 3.63) is 52.5 Å². The smallest absolute Gasteiger partial charge is 0.259 e. The Hall–Kier alpha value is -2.53. The van der Waals surface area contributed by atoms with E-state index in [0.29, 0.717) is 27.7 Å². The number of benzene rings is 2. The van der Waals surface area contributed by atoms with Crippen LogP contribution >= 0.6 is 11.6 Å². The van der Waals surface area contributed by atoms with Crippen molar-refractivity contribution >= 4 is 34.8 Å². The summed E-state index contributed by atoms with van der Waals surface area (Å²) in [5.74, 6) is -0.150. The van der Waals surface area contributed by atoms with Crippen molar-refractivity contribution < 1.29 is 14.3 Å². The number of halogens is 1. The van der Waals surface area contributed by atoms with Crippen LogP contribution in [0.15, 0.2) is 36.4 Å². The maximum atomic E-state index is 12.5. The van der Waals surface area contributed by atoms with Gasteiger partial charge >= 0.3 is 0 Å². The summed E-state index contributed by atoms with van der Waals surface area (Å²) in [5, 5.41) is 6.02. The molecular formula is C17H17ClN2O3. The number of anilines is 2. The number of hydrogen-bond donors (Lipinski definition) is 2. The number of carbonyl (C=O) groups excluding carboxylic acids is 2. The number of rotatable bonds is 4. The molecule has 0 spiro atoms. The number of methoxy groups -OCH3 is 1. The van der Waals surface area contributed by atoms with Crippen LogP contribution < -0.4 is 15.4 Å². The van der Waals surface area contributed by atoms with Gasteiger partial charge in [0.25, 0.3) is 5.91 Å². The normalized spacial score (nSPS) is 10.1. The molecule has 0 aliphatic rings. The first kappa shape index (κ1) is 16.8. The van der Waals surface area contributed by atoms with Crippen LogP contribution in [0.25, 0.3) is 0 Å². The number of nitrogens with one attached hydrogen (secondary N) is 2. The van der Waals surface area contributed by atoms with Crippen LogP contribution in [0, 0.1) is 6.92 Å². The van der Waals surface area contributed by atoms with Gasteiger partial charge < -0.3 is 15.4 Å².